The second kappa shape index (κ2) is 6.57. The molecule has 0 amide bonds. The summed E-state index contributed by atoms with van der Waals surface area (Å²) in [5, 5.41) is 3.08. The molecule has 20 heavy (non-hydrogen) atoms. The van der Waals surface area contributed by atoms with E-state index in [-0.39, 0.29) is 5.82 Å². The first-order valence-electron chi connectivity index (χ1n) is 6.88. The molecule has 0 bridgehead atoms. The second-order valence-electron chi connectivity index (χ2n) is 4.81. The molecule has 2 rings (SSSR count). The zero-order valence-electron chi connectivity index (χ0n) is 12.2. The van der Waals surface area contributed by atoms with Crippen LogP contribution in [0.25, 0.3) is 0 Å². The Morgan fingerprint density at radius 2 is 2.05 bits per heavy atom. The number of aryl methyl sites for hydroxylation is 1. The lowest BCUT2D eigenvalue weighted by Gasteiger charge is -2.22. The lowest BCUT2D eigenvalue weighted by molar-refractivity contribution is 0.448. The van der Waals surface area contributed by atoms with Gasteiger partial charge in [-0.25, -0.2) is 4.39 Å². The van der Waals surface area contributed by atoms with E-state index in [4.69, 9.17) is 4.42 Å². The normalized spacial score (nSPS) is 10.8. The Morgan fingerprint density at radius 1 is 1.30 bits per heavy atom. The van der Waals surface area contributed by atoms with Crippen molar-refractivity contribution in [1.29, 1.82) is 0 Å². The van der Waals surface area contributed by atoms with Gasteiger partial charge in [-0.2, -0.15) is 0 Å². The van der Waals surface area contributed by atoms with Crippen LogP contribution in [0.4, 0.5) is 10.1 Å². The van der Waals surface area contributed by atoms with Crippen molar-refractivity contribution in [3.8, 4) is 0 Å². The molecule has 0 saturated heterocycles. The highest BCUT2D eigenvalue weighted by molar-refractivity contribution is 5.47. The molecular formula is C16H21FN2O. The number of hydrogen-bond donors (Lipinski definition) is 1. The van der Waals surface area contributed by atoms with Gasteiger partial charge in [0.15, 0.2) is 0 Å². The summed E-state index contributed by atoms with van der Waals surface area (Å²) in [4.78, 5) is 1.97. The van der Waals surface area contributed by atoms with Gasteiger partial charge in [0.05, 0.1) is 18.8 Å². The molecule has 0 aliphatic carbocycles. The highest BCUT2D eigenvalue weighted by atomic mass is 19.1. The summed E-state index contributed by atoms with van der Waals surface area (Å²) in [7, 11) is 1.89. The third kappa shape index (κ3) is 3.20. The Hall–Kier alpha value is -1.81. The fourth-order valence-corrected chi connectivity index (χ4v) is 2.27. The molecule has 0 aliphatic heterocycles. The van der Waals surface area contributed by atoms with Crippen LogP contribution in [0.15, 0.2) is 34.7 Å². The first kappa shape index (κ1) is 14.6. The average molecular weight is 276 g/mol. The van der Waals surface area contributed by atoms with Crippen molar-refractivity contribution in [2.75, 3.05) is 18.5 Å². The van der Waals surface area contributed by atoms with Crippen molar-refractivity contribution < 1.29 is 8.81 Å². The highest BCUT2D eigenvalue weighted by Gasteiger charge is 2.13. The Morgan fingerprint density at radius 3 is 2.70 bits per heavy atom. The summed E-state index contributed by atoms with van der Waals surface area (Å²) in [6.07, 6.45) is 0. The number of furan rings is 1. The fourth-order valence-electron chi connectivity index (χ4n) is 2.27. The standard InChI is InChI=1S/C16H21FN2O/c1-4-19(15-8-6-5-7-14(15)17)11-13-9-12(2)16(20-13)10-18-3/h5-9,18H,4,10-11H2,1-3H3. The van der Waals surface area contributed by atoms with Crippen LogP contribution in [-0.4, -0.2) is 13.6 Å². The van der Waals surface area contributed by atoms with Gasteiger partial charge >= 0.3 is 0 Å². The molecule has 2 aromatic rings. The van der Waals surface area contributed by atoms with E-state index in [1.54, 1.807) is 12.1 Å². The van der Waals surface area contributed by atoms with Crippen molar-refractivity contribution in [3.63, 3.8) is 0 Å². The second-order valence-corrected chi connectivity index (χ2v) is 4.81. The molecule has 0 saturated carbocycles. The molecule has 1 aromatic heterocycles. The molecule has 4 heteroatoms. The molecule has 0 atom stereocenters. The van der Waals surface area contributed by atoms with E-state index >= 15 is 0 Å². The molecule has 1 N–H and O–H groups in total. The van der Waals surface area contributed by atoms with E-state index in [0.29, 0.717) is 18.8 Å². The SMILES string of the molecule is CCN(Cc1cc(C)c(CNC)o1)c1ccccc1F. The number of nitrogens with zero attached hydrogens (tertiary/aromatic N) is 1. The third-order valence-corrected chi connectivity index (χ3v) is 3.33. The van der Waals surface area contributed by atoms with E-state index in [9.17, 15) is 4.39 Å². The summed E-state index contributed by atoms with van der Waals surface area (Å²) in [5.41, 5.74) is 1.73. The molecule has 1 aromatic carbocycles. The number of anilines is 1. The van der Waals surface area contributed by atoms with Gasteiger partial charge in [0.1, 0.15) is 17.3 Å². The van der Waals surface area contributed by atoms with Crippen LogP contribution in [0.1, 0.15) is 24.0 Å². The van der Waals surface area contributed by atoms with Crippen molar-refractivity contribution in [3.05, 3.63) is 53.2 Å². The molecule has 0 fully saturated rings. The highest BCUT2D eigenvalue weighted by Crippen LogP contribution is 2.22. The van der Waals surface area contributed by atoms with Crippen LogP contribution in [-0.2, 0) is 13.1 Å². The minimum atomic E-state index is -0.201. The van der Waals surface area contributed by atoms with Crippen molar-refractivity contribution in [1.82, 2.24) is 5.32 Å². The van der Waals surface area contributed by atoms with Crippen LogP contribution in [0.5, 0.6) is 0 Å². The maximum Gasteiger partial charge on any atom is 0.146 e. The number of benzene rings is 1. The number of hydrogen-bond acceptors (Lipinski definition) is 3. The Kier molecular flexibility index (Phi) is 4.79. The summed E-state index contributed by atoms with van der Waals surface area (Å²) < 4.78 is 19.7. The summed E-state index contributed by atoms with van der Waals surface area (Å²) in [6.45, 7) is 6.04. The summed E-state index contributed by atoms with van der Waals surface area (Å²) in [5.74, 6) is 1.60. The van der Waals surface area contributed by atoms with Crippen LogP contribution >= 0.6 is 0 Å². The maximum atomic E-state index is 13.9. The molecule has 3 nitrogen and oxygen atoms in total. The number of rotatable bonds is 6. The molecule has 0 aliphatic rings. The van der Waals surface area contributed by atoms with Gasteiger partial charge in [0, 0.05) is 6.54 Å². The van der Waals surface area contributed by atoms with Crippen LogP contribution in [0.3, 0.4) is 0 Å². The van der Waals surface area contributed by atoms with Crippen molar-refractivity contribution in [2.24, 2.45) is 0 Å². The molecule has 0 unspecified atom stereocenters. The van der Waals surface area contributed by atoms with Gasteiger partial charge < -0.3 is 14.6 Å². The lowest BCUT2D eigenvalue weighted by atomic mass is 10.2. The van der Waals surface area contributed by atoms with Gasteiger partial charge in [0.2, 0.25) is 0 Å². The molecule has 108 valence electrons. The molecule has 1 heterocycles. The minimum absolute atomic E-state index is 0.201. The quantitative estimate of drug-likeness (QED) is 0.875. The van der Waals surface area contributed by atoms with E-state index in [2.05, 4.69) is 5.32 Å². The lowest BCUT2D eigenvalue weighted by Crippen LogP contribution is -2.22. The van der Waals surface area contributed by atoms with Crippen LogP contribution in [0.2, 0.25) is 0 Å². The van der Waals surface area contributed by atoms with Crippen LogP contribution in [0, 0.1) is 12.7 Å². The van der Waals surface area contributed by atoms with Gasteiger partial charge in [0.25, 0.3) is 0 Å². The molecule has 0 spiro atoms. The van der Waals surface area contributed by atoms with Gasteiger partial charge in [-0.3, -0.25) is 0 Å². The largest absolute Gasteiger partial charge is 0.463 e. The van der Waals surface area contributed by atoms with Crippen molar-refractivity contribution >= 4 is 5.69 Å². The molecule has 0 radical (unpaired) electrons. The smallest absolute Gasteiger partial charge is 0.146 e. The van der Waals surface area contributed by atoms with Gasteiger partial charge in [-0.1, -0.05) is 12.1 Å². The fraction of sp³-hybridized carbons (Fsp3) is 0.375. The first-order chi connectivity index (χ1) is 9.65. The Labute approximate surface area is 119 Å². The molecular weight excluding hydrogens is 255 g/mol. The summed E-state index contributed by atoms with van der Waals surface area (Å²) >= 11 is 0. The topological polar surface area (TPSA) is 28.4 Å². The zero-order valence-corrected chi connectivity index (χ0v) is 12.2. The minimum Gasteiger partial charge on any atom is -0.463 e. The Balaban J connectivity index is 2.18. The zero-order chi connectivity index (χ0) is 14.5. The average Bonchev–Trinajstić information content (AvgIpc) is 2.78. The number of halogens is 1. The summed E-state index contributed by atoms with van der Waals surface area (Å²) in [6, 6.07) is 8.85. The monoisotopic (exact) mass is 276 g/mol. The van der Waals surface area contributed by atoms with Crippen molar-refractivity contribution in [2.45, 2.75) is 26.9 Å². The van der Waals surface area contributed by atoms with E-state index in [1.807, 2.05) is 37.9 Å². The van der Waals surface area contributed by atoms with E-state index < -0.39 is 0 Å². The van der Waals surface area contributed by atoms with E-state index in [0.717, 1.165) is 23.6 Å². The van der Waals surface area contributed by atoms with Gasteiger partial charge in [-0.15, -0.1) is 0 Å². The van der Waals surface area contributed by atoms with E-state index in [1.165, 1.54) is 6.07 Å². The van der Waals surface area contributed by atoms with Crippen LogP contribution < -0.4 is 10.2 Å². The third-order valence-electron chi connectivity index (χ3n) is 3.33. The predicted molar refractivity (Wildman–Crippen MR) is 79.3 cm³/mol. The number of nitrogens with one attached hydrogen (secondary N) is 1. The van der Waals surface area contributed by atoms with Gasteiger partial charge in [-0.05, 0) is 44.7 Å². The predicted octanol–water partition coefficient (Wildman–Crippen LogP) is 3.47. The number of para-hydroxylation sites is 1. The Bertz CT molecular complexity index is 565. The maximum absolute atomic E-state index is 13.9. The first-order valence-corrected chi connectivity index (χ1v) is 6.88.